The first-order chi connectivity index (χ1) is 10.6. The van der Waals surface area contributed by atoms with E-state index < -0.39 is 6.04 Å². The van der Waals surface area contributed by atoms with Crippen LogP contribution in [0.1, 0.15) is 10.4 Å². The first kappa shape index (κ1) is 14.5. The number of carbonyl (C=O) groups is 3. The molecule has 2 N–H and O–H groups in total. The summed E-state index contributed by atoms with van der Waals surface area (Å²) in [6, 6.07) is 6.33. The van der Waals surface area contributed by atoms with Crippen LogP contribution in [0, 0.1) is 0 Å². The molecule has 0 spiro atoms. The summed E-state index contributed by atoms with van der Waals surface area (Å²) in [7, 11) is 1.70. The molecule has 1 atom stereocenters. The summed E-state index contributed by atoms with van der Waals surface area (Å²) < 4.78 is 0. The maximum absolute atomic E-state index is 12.6. The smallest absolute Gasteiger partial charge is 0.256 e. The van der Waals surface area contributed by atoms with E-state index in [9.17, 15) is 14.4 Å². The van der Waals surface area contributed by atoms with Crippen molar-refractivity contribution >= 4 is 23.4 Å². The van der Waals surface area contributed by atoms with Crippen molar-refractivity contribution in [1.29, 1.82) is 0 Å². The van der Waals surface area contributed by atoms with Crippen molar-refractivity contribution in [3.8, 4) is 0 Å². The number of rotatable bonds is 2. The van der Waals surface area contributed by atoms with Gasteiger partial charge in [-0.2, -0.15) is 0 Å². The molecule has 1 saturated heterocycles. The van der Waals surface area contributed by atoms with Gasteiger partial charge in [-0.3, -0.25) is 14.4 Å². The van der Waals surface area contributed by atoms with E-state index >= 15 is 0 Å². The highest BCUT2D eigenvalue weighted by Gasteiger charge is 2.39. The molecule has 2 aliphatic heterocycles. The van der Waals surface area contributed by atoms with Crippen LogP contribution in [0.3, 0.4) is 0 Å². The second-order valence-electron chi connectivity index (χ2n) is 5.42. The van der Waals surface area contributed by atoms with Crippen molar-refractivity contribution in [2.45, 2.75) is 6.04 Å². The molecule has 1 aromatic rings. The third kappa shape index (κ3) is 2.43. The van der Waals surface area contributed by atoms with E-state index in [0.29, 0.717) is 24.3 Å². The molecule has 0 saturated carbocycles. The van der Waals surface area contributed by atoms with Crippen LogP contribution in [-0.4, -0.2) is 66.8 Å². The lowest BCUT2D eigenvalue weighted by Gasteiger charge is -2.39. The van der Waals surface area contributed by atoms with Gasteiger partial charge in [0.15, 0.2) is 0 Å². The highest BCUT2D eigenvalue weighted by molar-refractivity contribution is 6.10. The minimum absolute atomic E-state index is 0.0656. The fourth-order valence-corrected chi connectivity index (χ4v) is 2.89. The van der Waals surface area contributed by atoms with Crippen LogP contribution >= 0.6 is 0 Å². The quantitative estimate of drug-likeness (QED) is 0.772. The minimum atomic E-state index is -0.644. The third-order valence-electron chi connectivity index (χ3n) is 4.04. The van der Waals surface area contributed by atoms with Crippen LogP contribution in [0.4, 0.5) is 5.69 Å². The van der Waals surface area contributed by atoms with Gasteiger partial charge in [0, 0.05) is 13.1 Å². The molecule has 7 nitrogen and oxygen atoms in total. The molecule has 3 amide bonds. The number of piperazine rings is 1. The Hall–Kier alpha value is -2.41. The van der Waals surface area contributed by atoms with Gasteiger partial charge in [0.25, 0.3) is 5.91 Å². The number of amides is 3. The van der Waals surface area contributed by atoms with E-state index in [4.69, 9.17) is 0 Å². The molecule has 2 heterocycles. The van der Waals surface area contributed by atoms with E-state index in [-0.39, 0.29) is 30.8 Å². The SMILES string of the molecule is CNCC(=O)N1CCN2C(=O)c3ccccc3NC(=O)[C@@H]2C1. The Kier molecular flexibility index (Phi) is 3.81. The van der Waals surface area contributed by atoms with Crippen LogP contribution in [-0.2, 0) is 9.59 Å². The largest absolute Gasteiger partial charge is 0.337 e. The van der Waals surface area contributed by atoms with Crippen molar-refractivity contribution in [3.05, 3.63) is 29.8 Å². The predicted octanol–water partition coefficient (Wildman–Crippen LogP) is -0.489. The zero-order valence-corrected chi connectivity index (χ0v) is 12.3. The van der Waals surface area contributed by atoms with Gasteiger partial charge >= 0.3 is 0 Å². The lowest BCUT2D eigenvalue weighted by molar-refractivity contribution is -0.134. The Morgan fingerprint density at radius 1 is 1.32 bits per heavy atom. The van der Waals surface area contributed by atoms with E-state index in [2.05, 4.69) is 10.6 Å². The summed E-state index contributed by atoms with van der Waals surface area (Å²) in [6.07, 6.45) is 0. The molecule has 0 aromatic heterocycles. The van der Waals surface area contributed by atoms with E-state index in [1.165, 1.54) is 0 Å². The number of likely N-dealkylation sites (N-methyl/N-ethyl adjacent to an activating group) is 1. The lowest BCUT2D eigenvalue weighted by atomic mass is 10.1. The monoisotopic (exact) mass is 302 g/mol. The van der Waals surface area contributed by atoms with E-state index in [1.807, 2.05) is 0 Å². The van der Waals surface area contributed by atoms with Crippen molar-refractivity contribution < 1.29 is 14.4 Å². The maximum Gasteiger partial charge on any atom is 0.256 e. The summed E-state index contributed by atoms with van der Waals surface area (Å²) >= 11 is 0. The molecule has 7 heteroatoms. The molecule has 22 heavy (non-hydrogen) atoms. The Morgan fingerprint density at radius 2 is 2.09 bits per heavy atom. The fraction of sp³-hybridized carbons (Fsp3) is 0.400. The van der Waals surface area contributed by atoms with Crippen LogP contribution in [0.2, 0.25) is 0 Å². The molecular weight excluding hydrogens is 284 g/mol. The minimum Gasteiger partial charge on any atom is -0.337 e. The molecule has 0 radical (unpaired) electrons. The second-order valence-corrected chi connectivity index (χ2v) is 5.42. The van der Waals surface area contributed by atoms with Gasteiger partial charge in [-0.25, -0.2) is 0 Å². The Bertz CT molecular complexity index is 631. The fourth-order valence-electron chi connectivity index (χ4n) is 2.89. The normalized spacial score (nSPS) is 20.9. The van der Waals surface area contributed by atoms with Gasteiger partial charge in [0.1, 0.15) is 6.04 Å². The zero-order chi connectivity index (χ0) is 15.7. The van der Waals surface area contributed by atoms with Crippen molar-refractivity contribution in [2.24, 2.45) is 0 Å². The van der Waals surface area contributed by atoms with Gasteiger partial charge in [-0.1, -0.05) is 12.1 Å². The average Bonchev–Trinajstić information content (AvgIpc) is 2.63. The van der Waals surface area contributed by atoms with Crippen LogP contribution < -0.4 is 10.6 Å². The number of nitrogens with one attached hydrogen (secondary N) is 2. The first-order valence-electron chi connectivity index (χ1n) is 7.25. The molecule has 0 aliphatic carbocycles. The summed E-state index contributed by atoms with van der Waals surface area (Å²) in [4.78, 5) is 40.2. The third-order valence-corrected chi connectivity index (χ3v) is 4.04. The van der Waals surface area contributed by atoms with Crippen molar-refractivity contribution in [1.82, 2.24) is 15.1 Å². The Morgan fingerprint density at radius 3 is 2.86 bits per heavy atom. The van der Waals surface area contributed by atoms with Crippen LogP contribution in [0.5, 0.6) is 0 Å². The van der Waals surface area contributed by atoms with Gasteiger partial charge in [-0.15, -0.1) is 0 Å². The van der Waals surface area contributed by atoms with Gasteiger partial charge in [-0.05, 0) is 19.2 Å². The molecule has 1 fully saturated rings. The molecular formula is C15H18N4O3. The summed E-state index contributed by atoms with van der Waals surface area (Å²) in [5.74, 6) is -0.482. The molecule has 0 bridgehead atoms. The molecule has 0 unspecified atom stereocenters. The number of para-hydroxylation sites is 1. The standard InChI is InChI=1S/C15H18N4O3/c1-16-8-13(20)18-6-7-19-12(9-18)14(21)17-11-5-3-2-4-10(11)15(19)22/h2-5,12,16H,6-9H2,1H3,(H,17,21)/t12-/m0/s1. The topological polar surface area (TPSA) is 81.8 Å². The van der Waals surface area contributed by atoms with E-state index in [1.54, 1.807) is 41.1 Å². The number of hydrogen-bond acceptors (Lipinski definition) is 4. The Labute approximate surface area is 128 Å². The number of fused-ring (bicyclic) bond motifs is 2. The zero-order valence-electron chi connectivity index (χ0n) is 12.3. The number of hydrogen-bond donors (Lipinski definition) is 2. The number of carbonyl (C=O) groups excluding carboxylic acids is 3. The first-order valence-corrected chi connectivity index (χ1v) is 7.25. The average molecular weight is 302 g/mol. The molecule has 3 rings (SSSR count). The summed E-state index contributed by atoms with van der Waals surface area (Å²) in [5.41, 5.74) is 1.02. The van der Waals surface area contributed by atoms with Gasteiger partial charge in [0.2, 0.25) is 11.8 Å². The summed E-state index contributed by atoms with van der Waals surface area (Å²) in [5, 5.41) is 5.60. The second kappa shape index (κ2) is 5.76. The maximum atomic E-state index is 12.6. The van der Waals surface area contributed by atoms with Crippen molar-refractivity contribution in [3.63, 3.8) is 0 Å². The number of nitrogens with zero attached hydrogens (tertiary/aromatic N) is 2. The van der Waals surface area contributed by atoms with Crippen LogP contribution in [0.15, 0.2) is 24.3 Å². The highest BCUT2D eigenvalue weighted by Crippen LogP contribution is 2.25. The summed E-state index contributed by atoms with van der Waals surface area (Å²) in [6.45, 7) is 1.26. The highest BCUT2D eigenvalue weighted by atomic mass is 16.2. The van der Waals surface area contributed by atoms with Crippen molar-refractivity contribution in [2.75, 3.05) is 38.5 Å². The van der Waals surface area contributed by atoms with E-state index in [0.717, 1.165) is 0 Å². The molecule has 116 valence electrons. The van der Waals surface area contributed by atoms with Crippen LogP contribution in [0.25, 0.3) is 0 Å². The Balaban J connectivity index is 1.86. The predicted molar refractivity (Wildman–Crippen MR) is 80.4 cm³/mol. The molecule has 2 aliphatic rings. The number of anilines is 1. The lowest BCUT2D eigenvalue weighted by Crippen LogP contribution is -2.60. The van der Waals surface area contributed by atoms with Gasteiger partial charge < -0.3 is 20.4 Å². The number of benzene rings is 1. The molecule has 1 aromatic carbocycles. The van der Waals surface area contributed by atoms with Gasteiger partial charge in [0.05, 0.1) is 24.3 Å².